The monoisotopic (exact) mass is 220 g/mol. The number of nitrogen functional groups attached to an aromatic ring is 1. The second-order valence-corrected chi connectivity index (χ2v) is 3.36. The molecule has 2 N–H and O–H groups in total. The van der Waals surface area contributed by atoms with Crippen molar-refractivity contribution in [3.8, 4) is 11.5 Å². The fraction of sp³-hybridized carbons (Fsp3) is 0.182. The van der Waals surface area contributed by atoms with Crippen molar-refractivity contribution in [2.75, 3.05) is 20.1 Å². The number of hydrogen-bond donors (Lipinski definition) is 1. The summed E-state index contributed by atoms with van der Waals surface area (Å²) in [6.07, 6.45) is 1.56. The number of nitrogens with zero attached hydrogens (tertiary/aromatic N) is 1. The Bertz CT molecular complexity index is 590. The highest BCUT2D eigenvalue weighted by Gasteiger charge is 2.06. The largest absolute Gasteiger partial charge is 0.493 e. The topological polar surface area (TPSA) is 66.5 Å². The predicted octanol–water partition coefficient (Wildman–Crippen LogP) is 0.732. The minimum atomic E-state index is -0.264. The van der Waals surface area contributed by atoms with Gasteiger partial charge >= 0.3 is 0 Å². The molecule has 0 saturated carbocycles. The van der Waals surface area contributed by atoms with Crippen LogP contribution in [0.15, 0.2) is 29.2 Å². The molecule has 0 atom stereocenters. The van der Waals surface area contributed by atoms with E-state index in [9.17, 15) is 4.79 Å². The van der Waals surface area contributed by atoms with Crippen LogP contribution in [0.25, 0.3) is 10.8 Å². The first-order chi connectivity index (χ1) is 7.65. The molecule has 0 bridgehead atoms. The number of hydrogen-bond acceptors (Lipinski definition) is 4. The van der Waals surface area contributed by atoms with Crippen LogP contribution in [0, 0.1) is 0 Å². The SMILES string of the molecule is COc1cc2cc(=O)n(N)cc2cc1OC. The van der Waals surface area contributed by atoms with Gasteiger partial charge in [-0.05, 0) is 17.5 Å². The molecule has 1 aromatic heterocycles. The van der Waals surface area contributed by atoms with E-state index in [4.69, 9.17) is 15.3 Å². The average Bonchev–Trinajstić information content (AvgIpc) is 2.29. The maximum atomic E-state index is 11.4. The molecule has 0 saturated heterocycles. The number of rotatable bonds is 2. The normalized spacial score (nSPS) is 10.4. The zero-order valence-corrected chi connectivity index (χ0v) is 9.06. The lowest BCUT2D eigenvalue weighted by Gasteiger charge is -2.09. The van der Waals surface area contributed by atoms with Crippen LogP contribution in [0.4, 0.5) is 0 Å². The van der Waals surface area contributed by atoms with Crippen molar-refractivity contribution in [2.45, 2.75) is 0 Å². The summed E-state index contributed by atoms with van der Waals surface area (Å²) < 4.78 is 11.3. The third-order valence-electron chi connectivity index (χ3n) is 2.40. The zero-order valence-electron chi connectivity index (χ0n) is 9.06. The zero-order chi connectivity index (χ0) is 11.7. The van der Waals surface area contributed by atoms with Gasteiger partial charge in [-0.1, -0.05) is 0 Å². The van der Waals surface area contributed by atoms with E-state index in [0.717, 1.165) is 15.4 Å². The Kier molecular flexibility index (Phi) is 2.44. The maximum Gasteiger partial charge on any atom is 0.269 e. The molecule has 5 heteroatoms. The number of aromatic nitrogens is 1. The molecule has 1 aromatic carbocycles. The molecule has 2 rings (SSSR count). The van der Waals surface area contributed by atoms with E-state index < -0.39 is 0 Å². The summed E-state index contributed by atoms with van der Waals surface area (Å²) in [5.74, 6) is 6.67. The number of methoxy groups -OCH3 is 2. The Morgan fingerprint density at radius 2 is 1.62 bits per heavy atom. The molecule has 1 heterocycles. The Hall–Kier alpha value is -2.17. The fourth-order valence-corrected chi connectivity index (χ4v) is 1.57. The molecule has 0 aliphatic rings. The molecular weight excluding hydrogens is 208 g/mol. The lowest BCUT2D eigenvalue weighted by Crippen LogP contribution is -2.25. The Morgan fingerprint density at radius 3 is 2.19 bits per heavy atom. The van der Waals surface area contributed by atoms with Crippen molar-refractivity contribution in [1.29, 1.82) is 0 Å². The van der Waals surface area contributed by atoms with Crippen molar-refractivity contribution >= 4 is 10.8 Å². The van der Waals surface area contributed by atoms with Crippen molar-refractivity contribution in [3.05, 3.63) is 34.7 Å². The van der Waals surface area contributed by atoms with Gasteiger partial charge < -0.3 is 15.3 Å². The minimum absolute atomic E-state index is 0.264. The third kappa shape index (κ3) is 1.56. The first-order valence-electron chi connectivity index (χ1n) is 4.69. The summed E-state index contributed by atoms with van der Waals surface area (Å²) in [5, 5.41) is 1.59. The smallest absolute Gasteiger partial charge is 0.269 e. The first-order valence-corrected chi connectivity index (χ1v) is 4.69. The maximum absolute atomic E-state index is 11.4. The second-order valence-electron chi connectivity index (χ2n) is 3.36. The second kappa shape index (κ2) is 3.77. The van der Waals surface area contributed by atoms with Crippen molar-refractivity contribution in [3.63, 3.8) is 0 Å². The summed E-state index contributed by atoms with van der Waals surface area (Å²) in [7, 11) is 3.11. The van der Waals surface area contributed by atoms with Crippen LogP contribution in [0.3, 0.4) is 0 Å². The van der Waals surface area contributed by atoms with E-state index in [1.165, 1.54) is 6.07 Å². The number of pyridine rings is 1. The Labute approximate surface area is 92.0 Å². The van der Waals surface area contributed by atoms with Crippen LogP contribution in [-0.2, 0) is 0 Å². The van der Waals surface area contributed by atoms with Crippen molar-refractivity contribution in [1.82, 2.24) is 4.68 Å². The van der Waals surface area contributed by atoms with Crippen LogP contribution >= 0.6 is 0 Å². The molecule has 0 spiro atoms. The number of nitrogens with two attached hydrogens (primary N) is 1. The van der Waals surface area contributed by atoms with Gasteiger partial charge in [0.05, 0.1) is 14.2 Å². The van der Waals surface area contributed by atoms with Gasteiger partial charge in [0.1, 0.15) is 0 Å². The van der Waals surface area contributed by atoms with Gasteiger partial charge in [-0.2, -0.15) is 0 Å². The summed E-state index contributed by atoms with van der Waals surface area (Å²) in [6.45, 7) is 0. The molecule has 0 radical (unpaired) electrons. The summed E-state index contributed by atoms with van der Waals surface area (Å²) in [5.41, 5.74) is -0.264. The lowest BCUT2D eigenvalue weighted by atomic mass is 10.1. The van der Waals surface area contributed by atoms with E-state index in [0.29, 0.717) is 11.5 Å². The number of benzene rings is 1. The molecule has 84 valence electrons. The Balaban J connectivity index is 2.78. The van der Waals surface area contributed by atoms with E-state index in [1.807, 2.05) is 0 Å². The van der Waals surface area contributed by atoms with Crippen LogP contribution in [0.5, 0.6) is 11.5 Å². The van der Waals surface area contributed by atoms with E-state index in [2.05, 4.69) is 0 Å². The van der Waals surface area contributed by atoms with Gasteiger partial charge in [0.25, 0.3) is 5.56 Å². The van der Waals surface area contributed by atoms with Crippen LogP contribution in [0.1, 0.15) is 0 Å². The van der Waals surface area contributed by atoms with Gasteiger partial charge in [0.15, 0.2) is 11.5 Å². The molecule has 5 nitrogen and oxygen atoms in total. The molecule has 0 fully saturated rings. The van der Waals surface area contributed by atoms with Gasteiger partial charge in [0, 0.05) is 17.6 Å². The third-order valence-corrected chi connectivity index (χ3v) is 2.40. The van der Waals surface area contributed by atoms with E-state index in [-0.39, 0.29) is 5.56 Å². The van der Waals surface area contributed by atoms with E-state index >= 15 is 0 Å². The standard InChI is InChI=1S/C11H12N2O3/c1-15-9-3-7-5-11(14)13(12)6-8(7)4-10(9)16-2/h3-6H,12H2,1-2H3. The van der Waals surface area contributed by atoms with Gasteiger partial charge in [-0.3, -0.25) is 4.79 Å². The van der Waals surface area contributed by atoms with Crippen molar-refractivity contribution in [2.24, 2.45) is 0 Å². The Morgan fingerprint density at radius 1 is 1.06 bits per heavy atom. The van der Waals surface area contributed by atoms with Crippen LogP contribution < -0.4 is 20.9 Å². The summed E-state index contributed by atoms with van der Waals surface area (Å²) in [6, 6.07) is 4.98. The molecule has 0 amide bonds. The summed E-state index contributed by atoms with van der Waals surface area (Å²) >= 11 is 0. The summed E-state index contributed by atoms with van der Waals surface area (Å²) in [4.78, 5) is 11.4. The lowest BCUT2D eigenvalue weighted by molar-refractivity contribution is 0.356. The van der Waals surface area contributed by atoms with Gasteiger partial charge in [0.2, 0.25) is 0 Å². The number of fused-ring (bicyclic) bond motifs is 1. The van der Waals surface area contributed by atoms with Gasteiger partial charge in [-0.15, -0.1) is 0 Å². The molecule has 16 heavy (non-hydrogen) atoms. The highest BCUT2D eigenvalue weighted by atomic mass is 16.5. The predicted molar refractivity (Wildman–Crippen MR) is 61.5 cm³/mol. The number of ether oxygens (including phenoxy) is 2. The molecule has 0 aliphatic carbocycles. The quantitative estimate of drug-likeness (QED) is 0.758. The fourth-order valence-electron chi connectivity index (χ4n) is 1.57. The molecule has 2 aromatic rings. The minimum Gasteiger partial charge on any atom is -0.493 e. The highest BCUT2D eigenvalue weighted by Crippen LogP contribution is 2.31. The van der Waals surface area contributed by atoms with Gasteiger partial charge in [-0.25, -0.2) is 4.68 Å². The highest BCUT2D eigenvalue weighted by molar-refractivity contribution is 5.85. The first kappa shape index (κ1) is 10.4. The molecule has 0 unspecified atom stereocenters. The van der Waals surface area contributed by atoms with Crippen LogP contribution in [0.2, 0.25) is 0 Å². The molecule has 0 aliphatic heterocycles. The van der Waals surface area contributed by atoms with Crippen molar-refractivity contribution < 1.29 is 9.47 Å². The molecular formula is C11H12N2O3. The van der Waals surface area contributed by atoms with Crippen LogP contribution in [-0.4, -0.2) is 18.9 Å². The average molecular weight is 220 g/mol. The van der Waals surface area contributed by atoms with E-state index in [1.54, 1.807) is 32.5 Å².